The van der Waals surface area contributed by atoms with E-state index in [0.717, 1.165) is 5.75 Å². The normalized spacial score (nSPS) is 12.3. The number of benzene rings is 1. The maximum absolute atomic E-state index is 11.7. The Labute approximate surface area is 107 Å². The number of aliphatic hydroxyl groups is 1. The molecule has 0 aliphatic heterocycles. The Balaban J connectivity index is 2.75. The fraction of sp³-hybridized carbons (Fsp3) is 0.462. The molecule has 0 bridgehead atoms. The summed E-state index contributed by atoms with van der Waals surface area (Å²) in [6, 6.07) is 7.10. The molecule has 0 fully saturated rings. The SMILES string of the molecule is CC(C)Oc1ccc(N(C)C(=O)C(O)CN)cc1. The van der Waals surface area contributed by atoms with Gasteiger partial charge < -0.3 is 20.5 Å². The summed E-state index contributed by atoms with van der Waals surface area (Å²) in [5, 5.41) is 9.39. The van der Waals surface area contributed by atoms with Crippen molar-refractivity contribution >= 4 is 11.6 Å². The van der Waals surface area contributed by atoms with Gasteiger partial charge in [-0.25, -0.2) is 0 Å². The molecular formula is C13H20N2O3. The van der Waals surface area contributed by atoms with E-state index in [1.54, 1.807) is 31.3 Å². The van der Waals surface area contributed by atoms with Gasteiger partial charge in [-0.3, -0.25) is 4.79 Å². The lowest BCUT2D eigenvalue weighted by Crippen LogP contribution is -2.40. The van der Waals surface area contributed by atoms with Crippen LogP contribution in [0.3, 0.4) is 0 Å². The van der Waals surface area contributed by atoms with Gasteiger partial charge in [-0.2, -0.15) is 0 Å². The molecule has 1 aromatic rings. The molecule has 0 radical (unpaired) electrons. The number of amides is 1. The van der Waals surface area contributed by atoms with E-state index in [2.05, 4.69) is 0 Å². The van der Waals surface area contributed by atoms with Crippen LogP contribution in [0.1, 0.15) is 13.8 Å². The van der Waals surface area contributed by atoms with Gasteiger partial charge in [0.25, 0.3) is 5.91 Å². The predicted octanol–water partition coefficient (Wildman–Crippen LogP) is 0.756. The first kappa shape index (κ1) is 14.5. The summed E-state index contributed by atoms with van der Waals surface area (Å²) in [5.74, 6) is 0.323. The summed E-state index contributed by atoms with van der Waals surface area (Å²) in [7, 11) is 1.60. The molecule has 3 N–H and O–H groups in total. The van der Waals surface area contributed by atoms with Gasteiger partial charge in [-0.15, -0.1) is 0 Å². The molecule has 1 amide bonds. The Bertz CT molecular complexity index is 390. The summed E-state index contributed by atoms with van der Waals surface area (Å²) in [4.78, 5) is 13.1. The van der Waals surface area contributed by atoms with Crippen molar-refractivity contribution in [2.75, 3.05) is 18.5 Å². The van der Waals surface area contributed by atoms with E-state index in [4.69, 9.17) is 10.5 Å². The Morgan fingerprint density at radius 1 is 1.39 bits per heavy atom. The van der Waals surface area contributed by atoms with Crippen LogP contribution < -0.4 is 15.4 Å². The largest absolute Gasteiger partial charge is 0.491 e. The monoisotopic (exact) mass is 252 g/mol. The Hall–Kier alpha value is -1.59. The fourth-order valence-electron chi connectivity index (χ4n) is 1.47. The van der Waals surface area contributed by atoms with Gasteiger partial charge in [0.15, 0.2) is 0 Å². The molecular weight excluding hydrogens is 232 g/mol. The minimum absolute atomic E-state index is 0.0856. The number of aliphatic hydroxyl groups excluding tert-OH is 1. The highest BCUT2D eigenvalue weighted by Gasteiger charge is 2.18. The standard InChI is InChI=1S/C13H20N2O3/c1-9(2)18-11-6-4-10(5-7-11)15(3)13(17)12(16)8-14/h4-7,9,12,16H,8,14H2,1-3H3. The second-order valence-corrected chi connectivity index (χ2v) is 4.31. The Kier molecular flexibility index (Phi) is 5.12. The maximum Gasteiger partial charge on any atom is 0.256 e. The van der Waals surface area contributed by atoms with Crippen molar-refractivity contribution in [3.63, 3.8) is 0 Å². The molecule has 0 spiro atoms. The topological polar surface area (TPSA) is 75.8 Å². The van der Waals surface area contributed by atoms with Crippen LogP contribution in [0.4, 0.5) is 5.69 Å². The lowest BCUT2D eigenvalue weighted by atomic mass is 10.2. The minimum atomic E-state index is -1.17. The van der Waals surface area contributed by atoms with Crippen LogP contribution in [0.2, 0.25) is 0 Å². The molecule has 1 rings (SSSR count). The number of nitrogens with zero attached hydrogens (tertiary/aromatic N) is 1. The molecule has 0 saturated heterocycles. The maximum atomic E-state index is 11.7. The third kappa shape index (κ3) is 3.72. The molecule has 1 aromatic carbocycles. The van der Waals surface area contributed by atoms with Gasteiger partial charge in [0.1, 0.15) is 11.9 Å². The van der Waals surface area contributed by atoms with Crippen LogP contribution in [0.25, 0.3) is 0 Å². The minimum Gasteiger partial charge on any atom is -0.491 e. The van der Waals surface area contributed by atoms with Crippen molar-refractivity contribution < 1.29 is 14.6 Å². The first-order chi connectivity index (χ1) is 8.45. The van der Waals surface area contributed by atoms with Crippen LogP contribution in [0.15, 0.2) is 24.3 Å². The van der Waals surface area contributed by atoms with Gasteiger partial charge in [0.05, 0.1) is 6.10 Å². The predicted molar refractivity (Wildman–Crippen MR) is 70.7 cm³/mol. The van der Waals surface area contributed by atoms with Crippen LogP contribution in [-0.2, 0) is 4.79 Å². The molecule has 100 valence electrons. The summed E-state index contributed by atoms with van der Waals surface area (Å²) >= 11 is 0. The van der Waals surface area contributed by atoms with Crippen LogP contribution >= 0.6 is 0 Å². The molecule has 18 heavy (non-hydrogen) atoms. The van der Waals surface area contributed by atoms with Gasteiger partial charge >= 0.3 is 0 Å². The number of anilines is 1. The van der Waals surface area contributed by atoms with Crippen LogP contribution in [-0.4, -0.2) is 36.8 Å². The number of hydrogen-bond acceptors (Lipinski definition) is 4. The van der Waals surface area contributed by atoms with E-state index in [0.29, 0.717) is 5.69 Å². The number of ether oxygens (including phenoxy) is 1. The van der Waals surface area contributed by atoms with E-state index in [9.17, 15) is 9.90 Å². The van der Waals surface area contributed by atoms with Crippen LogP contribution in [0.5, 0.6) is 5.75 Å². The average molecular weight is 252 g/mol. The number of hydrogen-bond donors (Lipinski definition) is 2. The molecule has 1 atom stereocenters. The number of likely N-dealkylation sites (N-methyl/N-ethyl adjacent to an activating group) is 1. The first-order valence-corrected chi connectivity index (χ1v) is 5.88. The van der Waals surface area contributed by atoms with Crippen LogP contribution in [0, 0.1) is 0 Å². The number of nitrogens with two attached hydrogens (primary N) is 1. The van der Waals surface area contributed by atoms with Crippen molar-refractivity contribution in [2.45, 2.75) is 26.1 Å². The molecule has 1 unspecified atom stereocenters. The van der Waals surface area contributed by atoms with Gasteiger partial charge in [-0.05, 0) is 38.1 Å². The molecule has 0 heterocycles. The summed E-state index contributed by atoms with van der Waals surface area (Å²) in [6.07, 6.45) is -1.06. The lowest BCUT2D eigenvalue weighted by molar-refractivity contribution is -0.125. The third-order valence-corrected chi connectivity index (χ3v) is 2.43. The summed E-state index contributed by atoms with van der Waals surface area (Å²) in [6.45, 7) is 3.81. The zero-order chi connectivity index (χ0) is 13.7. The highest BCUT2D eigenvalue weighted by atomic mass is 16.5. The van der Waals surface area contributed by atoms with Gasteiger partial charge in [0, 0.05) is 19.3 Å². The Morgan fingerprint density at radius 3 is 2.39 bits per heavy atom. The zero-order valence-corrected chi connectivity index (χ0v) is 11.0. The smallest absolute Gasteiger partial charge is 0.256 e. The lowest BCUT2D eigenvalue weighted by Gasteiger charge is -2.20. The van der Waals surface area contributed by atoms with E-state index in [1.807, 2.05) is 13.8 Å². The second kappa shape index (κ2) is 6.37. The van der Waals surface area contributed by atoms with Crippen molar-refractivity contribution in [1.29, 1.82) is 0 Å². The molecule has 0 aliphatic rings. The highest BCUT2D eigenvalue weighted by Crippen LogP contribution is 2.19. The van der Waals surface area contributed by atoms with E-state index in [-0.39, 0.29) is 12.6 Å². The first-order valence-electron chi connectivity index (χ1n) is 5.88. The fourth-order valence-corrected chi connectivity index (χ4v) is 1.47. The Morgan fingerprint density at radius 2 is 1.94 bits per heavy atom. The van der Waals surface area contributed by atoms with Crippen molar-refractivity contribution in [2.24, 2.45) is 5.73 Å². The number of rotatable bonds is 5. The summed E-state index contributed by atoms with van der Waals surface area (Å²) in [5.41, 5.74) is 5.93. The quantitative estimate of drug-likeness (QED) is 0.811. The number of carbonyl (C=O) groups is 1. The van der Waals surface area contributed by atoms with E-state index in [1.165, 1.54) is 4.90 Å². The van der Waals surface area contributed by atoms with Crippen molar-refractivity contribution in [1.82, 2.24) is 0 Å². The van der Waals surface area contributed by atoms with Crippen molar-refractivity contribution in [3.05, 3.63) is 24.3 Å². The van der Waals surface area contributed by atoms with E-state index < -0.39 is 12.0 Å². The van der Waals surface area contributed by atoms with Gasteiger partial charge in [0.2, 0.25) is 0 Å². The van der Waals surface area contributed by atoms with Gasteiger partial charge in [-0.1, -0.05) is 0 Å². The van der Waals surface area contributed by atoms with E-state index >= 15 is 0 Å². The number of carbonyl (C=O) groups excluding carboxylic acids is 1. The second-order valence-electron chi connectivity index (χ2n) is 4.31. The molecule has 0 saturated carbocycles. The average Bonchev–Trinajstić information content (AvgIpc) is 2.36. The third-order valence-electron chi connectivity index (χ3n) is 2.43. The molecule has 5 heteroatoms. The summed E-state index contributed by atoms with van der Waals surface area (Å²) < 4.78 is 5.51. The molecule has 5 nitrogen and oxygen atoms in total. The molecule has 0 aromatic heterocycles. The zero-order valence-electron chi connectivity index (χ0n) is 11.0. The highest BCUT2D eigenvalue weighted by molar-refractivity contribution is 5.96. The van der Waals surface area contributed by atoms with Crippen molar-refractivity contribution in [3.8, 4) is 5.75 Å². The molecule has 0 aliphatic carbocycles.